The fraction of sp³-hybridized carbons (Fsp3) is 0.389. The van der Waals surface area contributed by atoms with Crippen LogP contribution in [0.4, 0.5) is 23.1 Å². The van der Waals surface area contributed by atoms with E-state index in [0.29, 0.717) is 12.4 Å². The summed E-state index contributed by atoms with van der Waals surface area (Å²) in [4.78, 5) is 20.5. The number of unbranched alkanes of at least 4 members (excludes halogenated alkanes) is 1. The van der Waals surface area contributed by atoms with Gasteiger partial charge in [-0.05, 0) is 44.5 Å². The van der Waals surface area contributed by atoms with Crippen LogP contribution < -0.4 is 16.0 Å². The van der Waals surface area contributed by atoms with Gasteiger partial charge in [-0.25, -0.2) is 4.98 Å². The Morgan fingerprint density at radius 3 is 2.46 bits per heavy atom. The lowest BCUT2D eigenvalue weighted by Gasteiger charge is -2.10. The molecular formula is C18H25N5O. The number of nitrogens with one attached hydrogen (secondary N) is 3. The molecule has 6 heteroatoms. The maximum Gasteiger partial charge on any atom is 0.224 e. The molecule has 2 rings (SSSR count). The van der Waals surface area contributed by atoms with Crippen molar-refractivity contribution in [1.82, 2.24) is 9.97 Å². The molecule has 0 saturated heterocycles. The van der Waals surface area contributed by atoms with Crippen LogP contribution in [0.15, 0.2) is 30.3 Å². The van der Waals surface area contributed by atoms with Gasteiger partial charge in [0.15, 0.2) is 0 Å². The monoisotopic (exact) mass is 327 g/mol. The van der Waals surface area contributed by atoms with E-state index >= 15 is 0 Å². The molecule has 2 aromatic rings. The molecule has 0 aliphatic carbocycles. The van der Waals surface area contributed by atoms with Gasteiger partial charge in [-0.3, -0.25) is 4.79 Å². The largest absolute Gasteiger partial charge is 0.354 e. The summed E-state index contributed by atoms with van der Waals surface area (Å²) in [5.74, 6) is 1.40. The average molecular weight is 327 g/mol. The number of carbonyl (C=O) groups is 1. The first-order chi connectivity index (χ1) is 11.6. The van der Waals surface area contributed by atoms with E-state index in [-0.39, 0.29) is 5.91 Å². The Kier molecular flexibility index (Phi) is 6.54. The zero-order valence-corrected chi connectivity index (χ0v) is 14.5. The third-order valence-electron chi connectivity index (χ3n) is 3.39. The lowest BCUT2D eigenvalue weighted by atomic mass is 10.2. The van der Waals surface area contributed by atoms with Crippen LogP contribution in [-0.4, -0.2) is 22.4 Å². The zero-order chi connectivity index (χ0) is 17.4. The van der Waals surface area contributed by atoms with Crippen molar-refractivity contribution in [3.63, 3.8) is 0 Å². The first-order valence-electron chi connectivity index (χ1n) is 8.37. The van der Waals surface area contributed by atoms with Gasteiger partial charge in [0.2, 0.25) is 11.9 Å². The summed E-state index contributed by atoms with van der Waals surface area (Å²) >= 11 is 0. The van der Waals surface area contributed by atoms with Gasteiger partial charge in [0, 0.05) is 36.1 Å². The summed E-state index contributed by atoms with van der Waals surface area (Å²) in [7, 11) is 0. The van der Waals surface area contributed by atoms with E-state index in [1.807, 2.05) is 44.2 Å². The number of benzene rings is 1. The van der Waals surface area contributed by atoms with Gasteiger partial charge in [-0.1, -0.05) is 13.3 Å². The highest BCUT2D eigenvalue weighted by atomic mass is 16.1. The van der Waals surface area contributed by atoms with Gasteiger partial charge in [-0.2, -0.15) is 4.98 Å². The van der Waals surface area contributed by atoms with Crippen molar-refractivity contribution in [2.24, 2.45) is 0 Å². The molecule has 0 fully saturated rings. The molecule has 6 nitrogen and oxygen atoms in total. The Balaban J connectivity index is 2.00. The molecule has 0 saturated carbocycles. The van der Waals surface area contributed by atoms with Crippen molar-refractivity contribution in [3.05, 3.63) is 36.0 Å². The summed E-state index contributed by atoms with van der Waals surface area (Å²) in [5.41, 5.74) is 2.60. The van der Waals surface area contributed by atoms with Crippen LogP contribution in [0.3, 0.4) is 0 Å². The molecule has 0 aliphatic heterocycles. The van der Waals surface area contributed by atoms with E-state index in [4.69, 9.17) is 0 Å². The van der Waals surface area contributed by atoms with E-state index in [9.17, 15) is 4.79 Å². The second-order valence-corrected chi connectivity index (χ2v) is 5.60. The number of aryl methyl sites for hydroxylation is 1. The summed E-state index contributed by atoms with van der Waals surface area (Å²) in [6.45, 7) is 6.79. The standard InChI is InChI=1S/C18H25N5O/c1-4-6-7-17(24)22-15-10-8-14(9-11-15)21-16-12-13(3)20-18(23-16)19-5-2/h8-12H,4-7H2,1-3H3,(H,22,24)(H2,19,20,21,23). The average Bonchev–Trinajstić information content (AvgIpc) is 2.54. The number of hydrogen-bond acceptors (Lipinski definition) is 5. The Hall–Kier alpha value is -2.63. The lowest BCUT2D eigenvalue weighted by molar-refractivity contribution is -0.116. The van der Waals surface area contributed by atoms with Gasteiger partial charge < -0.3 is 16.0 Å². The van der Waals surface area contributed by atoms with Gasteiger partial charge in [-0.15, -0.1) is 0 Å². The Morgan fingerprint density at radius 2 is 1.79 bits per heavy atom. The van der Waals surface area contributed by atoms with Crippen molar-refractivity contribution in [2.75, 3.05) is 22.5 Å². The predicted octanol–water partition coefficient (Wildman–Crippen LogP) is 4.09. The fourth-order valence-electron chi connectivity index (χ4n) is 2.22. The Morgan fingerprint density at radius 1 is 1.08 bits per heavy atom. The second kappa shape index (κ2) is 8.86. The molecule has 0 aliphatic rings. The quantitative estimate of drug-likeness (QED) is 0.680. The van der Waals surface area contributed by atoms with Crippen LogP contribution in [0.5, 0.6) is 0 Å². The van der Waals surface area contributed by atoms with Gasteiger partial charge >= 0.3 is 0 Å². The maximum atomic E-state index is 11.7. The minimum absolute atomic E-state index is 0.0549. The number of carbonyl (C=O) groups excluding carboxylic acids is 1. The van der Waals surface area contributed by atoms with Crippen molar-refractivity contribution in [1.29, 1.82) is 0 Å². The summed E-state index contributed by atoms with van der Waals surface area (Å²) in [5, 5.41) is 9.27. The van der Waals surface area contributed by atoms with Crippen LogP contribution in [0.25, 0.3) is 0 Å². The molecular weight excluding hydrogens is 302 g/mol. The van der Waals surface area contributed by atoms with Crippen LogP contribution in [0.2, 0.25) is 0 Å². The molecule has 0 radical (unpaired) electrons. The predicted molar refractivity (Wildman–Crippen MR) is 98.8 cm³/mol. The first kappa shape index (κ1) is 17.7. The van der Waals surface area contributed by atoms with Crippen molar-refractivity contribution < 1.29 is 4.79 Å². The topological polar surface area (TPSA) is 78.9 Å². The molecule has 0 atom stereocenters. The number of nitrogens with zero attached hydrogens (tertiary/aromatic N) is 2. The van der Waals surface area contributed by atoms with Crippen molar-refractivity contribution in [3.8, 4) is 0 Å². The Bertz CT molecular complexity index is 670. The van der Waals surface area contributed by atoms with E-state index in [2.05, 4.69) is 32.8 Å². The summed E-state index contributed by atoms with van der Waals surface area (Å²) in [6, 6.07) is 9.48. The number of rotatable bonds is 8. The first-order valence-corrected chi connectivity index (χ1v) is 8.37. The molecule has 0 spiro atoms. The fourth-order valence-corrected chi connectivity index (χ4v) is 2.22. The van der Waals surface area contributed by atoms with Crippen LogP contribution in [-0.2, 0) is 4.79 Å². The number of anilines is 4. The molecule has 0 unspecified atom stereocenters. The van der Waals surface area contributed by atoms with Crippen LogP contribution in [0.1, 0.15) is 38.8 Å². The molecule has 3 N–H and O–H groups in total. The van der Waals surface area contributed by atoms with Crippen molar-refractivity contribution >= 4 is 29.0 Å². The molecule has 24 heavy (non-hydrogen) atoms. The minimum Gasteiger partial charge on any atom is -0.354 e. The molecule has 1 heterocycles. The van der Waals surface area contributed by atoms with E-state index in [1.165, 1.54) is 0 Å². The third kappa shape index (κ3) is 5.53. The smallest absolute Gasteiger partial charge is 0.224 e. The van der Waals surface area contributed by atoms with E-state index in [0.717, 1.165) is 42.3 Å². The number of aromatic nitrogens is 2. The Labute approximate surface area is 143 Å². The minimum atomic E-state index is 0.0549. The van der Waals surface area contributed by atoms with Gasteiger partial charge in [0.1, 0.15) is 5.82 Å². The molecule has 0 bridgehead atoms. The van der Waals surface area contributed by atoms with Gasteiger partial charge in [0.05, 0.1) is 0 Å². The van der Waals surface area contributed by atoms with Crippen molar-refractivity contribution in [2.45, 2.75) is 40.0 Å². The molecule has 1 amide bonds. The molecule has 1 aromatic carbocycles. The van der Waals surface area contributed by atoms with Gasteiger partial charge in [0.25, 0.3) is 0 Å². The molecule has 128 valence electrons. The van der Waals surface area contributed by atoms with E-state index in [1.54, 1.807) is 0 Å². The molecule has 1 aromatic heterocycles. The highest BCUT2D eigenvalue weighted by molar-refractivity contribution is 5.90. The van der Waals surface area contributed by atoms with Crippen LogP contribution >= 0.6 is 0 Å². The SMILES string of the molecule is CCCCC(=O)Nc1ccc(Nc2cc(C)nc(NCC)n2)cc1. The normalized spacial score (nSPS) is 10.3. The highest BCUT2D eigenvalue weighted by Gasteiger charge is 2.04. The van der Waals surface area contributed by atoms with Crippen LogP contribution in [0, 0.1) is 6.92 Å². The third-order valence-corrected chi connectivity index (χ3v) is 3.39. The number of hydrogen-bond donors (Lipinski definition) is 3. The second-order valence-electron chi connectivity index (χ2n) is 5.60. The number of amides is 1. The maximum absolute atomic E-state index is 11.7. The summed E-state index contributed by atoms with van der Waals surface area (Å²) in [6.07, 6.45) is 2.49. The zero-order valence-electron chi connectivity index (χ0n) is 14.5. The van der Waals surface area contributed by atoms with E-state index < -0.39 is 0 Å². The summed E-state index contributed by atoms with van der Waals surface area (Å²) < 4.78 is 0. The lowest BCUT2D eigenvalue weighted by Crippen LogP contribution is -2.10. The highest BCUT2D eigenvalue weighted by Crippen LogP contribution is 2.19.